The maximum absolute atomic E-state index is 12.1. The number of carbonyl (C=O) groups excluding carboxylic acids is 3. The van der Waals surface area contributed by atoms with Gasteiger partial charge in [-0.1, -0.05) is 0 Å². The third-order valence-electron chi connectivity index (χ3n) is 3.11. The average Bonchev–Trinajstić information content (AvgIpc) is 2.71. The van der Waals surface area contributed by atoms with E-state index in [1.165, 1.54) is 6.92 Å². The minimum atomic E-state index is -0.658. The lowest BCUT2D eigenvalue weighted by molar-refractivity contribution is -0.121. The zero-order chi connectivity index (χ0) is 14.7. The first kappa shape index (κ1) is 13.9. The fraction of sp³-hybridized carbons (Fsp3) is 0.286. The molecule has 0 aliphatic carbocycles. The van der Waals surface area contributed by atoms with Gasteiger partial charge in [-0.2, -0.15) is 5.26 Å². The van der Waals surface area contributed by atoms with Gasteiger partial charge in [-0.25, -0.2) is 4.90 Å². The Morgan fingerprint density at radius 1 is 1.40 bits per heavy atom. The van der Waals surface area contributed by atoms with Crippen molar-refractivity contribution in [1.29, 1.82) is 5.26 Å². The Labute approximate surface area is 116 Å². The number of nitrogens with zero attached hydrogens (tertiary/aromatic N) is 2. The number of Topliss-reactive ketones (excluding diaryl/α,β-unsaturated/α-hetero) is 1. The SMILES string of the molecule is CC(=O)c1ccc(N2C(=O)C[C@@H](NCC#N)C2=O)cc1. The van der Waals surface area contributed by atoms with Crippen LogP contribution in [0.15, 0.2) is 24.3 Å². The molecule has 6 heteroatoms. The molecule has 1 aliphatic heterocycles. The summed E-state index contributed by atoms with van der Waals surface area (Å²) in [7, 11) is 0. The van der Waals surface area contributed by atoms with Crippen molar-refractivity contribution in [3.05, 3.63) is 29.8 Å². The molecule has 102 valence electrons. The molecule has 0 aromatic heterocycles. The van der Waals surface area contributed by atoms with E-state index in [-0.39, 0.29) is 30.6 Å². The standard InChI is InChI=1S/C14H13N3O3/c1-9(18)10-2-4-11(5-3-10)17-13(19)8-12(14(17)20)16-7-6-15/h2-5,12,16H,7-8H2,1H3/t12-/m1/s1. The number of nitriles is 1. The molecule has 0 bridgehead atoms. The molecule has 6 nitrogen and oxygen atoms in total. The maximum atomic E-state index is 12.1. The molecule has 1 aliphatic rings. The zero-order valence-corrected chi connectivity index (χ0v) is 10.9. The molecule has 0 spiro atoms. The molecule has 1 fully saturated rings. The highest BCUT2D eigenvalue weighted by Gasteiger charge is 2.39. The van der Waals surface area contributed by atoms with Gasteiger partial charge in [0.2, 0.25) is 5.91 Å². The Morgan fingerprint density at radius 2 is 2.05 bits per heavy atom. The first-order valence-corrected chi connectivity index (χ1v) is 6.12. The van der Waals surface area contributed by atoms with Crippen molar-refractivity contribution >= 4 is 23.3 Å². The van der Waals surface area contributed by atoms with E-state index in [2.05, 4.69) is 5.32 Å². The van der Waals surface area contributed by atoms with Gasteiger partial charge in [0.1, 0.15) is 0 Å². The topological polar surface area (TPSA) is 90.3 Å². The molecule has 2 amide bonds. The first-order chi connectivity index (χ1) is 9.54. The lowest BCUT2D eigenvalue weighted by Gasteiger charge is -2.15. The van der Waals surface area contributed by atoms with E-state index in [1.54, 1.807) is 24.3 Å². The largest absolute Gasteiger partial charge is 0.295 e. The summed E-state index contributed by atoms with van der Waals surface area (Å²) in [6.45, 7) is 1.46. The summed E-state index contributed by atoms with van der Waals surface area (Å²) in [6, 6.07) is 7.51. The van der Waals surface area contributed by atoms with Gasteiger partial charge in [0, 0.05) is 5.56 Å². The fourth-order valence-corrected chi connectivity index (χ4v) is 2.08. The monoisotopic (exact) mass is 271 g/mol. The molecular weight excluding hydrogens is 258 g/mol. The van der Waals surface area contributed by atoms with Gasteiger partial charge in [0.15, 0.2) is 5.78 Å². The molecule has 2 rings (SSSR count). The summed E-state index contributed by atoms with van der Waals surface area (Å²) < 4.78 is 0. The highest BCUT2D eigenvalue weighted by molar-refractivity contribution is 6.22. The van der Waals surface area contributed by atoms with Crippen molar-refractivity contribution in [3.63, 3.8) is 0 Å². The highest BCUT2D eigenvalue weighted by Crippen LogP contribution is 2.23. The van der Waals surface area contributed by atoms with Gasteiger partial charge in [-0.3, -0.25) is 19.7 Å². The number of benzene rings is 1. The summed E-state index contributed by atoms with van der Waals surface area (Å²) in [5, 5.41) is 11.2. The van der Waals surface area contributed by atoms with Gasteiger partial charge < -0.3 is 0 Å². The van der Waals surface area contributed by atoms with E-state index in [4.69, 9.17) is 5.26 Å². The lowest BCUT2D eigenvalue weighted by Crippen LogP contribution is -2.39. The smallest absolute Gasteiger partial charge is 0.251 e. The maximum Gasteiger partial charge on any atom is 0.251 e. The normalized spacial score (nSPS) is 18.2. The third-order valence-corrected chi connectivity index (χ3v) is 3.11. The van der Waals surface area contributed by atoms with Crippen LogP contribution in [0.4, 0.5) is 5.69 Å². The van der Waals surface area contributed by atoms with E-state index in [0.29, 0.717) is 11.3 Å². The second-order valence-electron chi connectivity index (χ2n) is 4.47. The van der Waals surface area contributed by atoms with Crippen LogP contribution in [0.3, 0.4) is 0 Å². The molecular formula is C14H13N3O3. The van der Waals surface area contributed by atoms with Gasteiger partial charge in [-0.05, 0) is 31.2 Å². The van der Waals surface area contributed by atoms with Crippen LogP contribution in [0, 0.1) is 11.3 Å². The molecule has 1 aromatic carbocycles. The molecule has 1 heterocycles. The summed E-state index contributed by atoms with van der Waals surface area (Å²) in [4.78, 5) is 36.3. The predicted octanol–water partition coefficient (Wildman–Crippen LogP) is 0.634. The van der Waals surface area contributed by atoms with E-state index >= 15 is 0 Å². The number of ketones is 1. The van der Waals surface area contributed by atoms with Crippen molar-refractivity contribution in [2.24, 2.45) is 0 Å². The van der Waals surface area contributed by atoms with E-state index in [1.807, 2.05) is 6.07 Å². The van der Waals surface area contributed by atoms with Gasteiger partial charge in [0.25, 0.3) is 5.91 Å². The second kappa shape index (κ2) is 5.63. The lowest BCUT2D eigenvalue weighted by atomic mass is 10.1. The molecule has 1 aromatic rings. The van der Waals surface area contributed by atoms with Crippen LogP contribution < -0.4 is 10.2 Å². The Hall–Kier alpha value is -2.52. The van der Waals surface area contributed by atoms with Crippen molar-refractivity contribution < 1.29 is 14.4 Å². The number of carbonyl (C=O) groups is 3. The summed E-state index contributed by atoms with van der Waals surface area (Å²) >= 11 is 0. The quantitative estimate of drug-likeness (QED) is 0.493. The Kier molecular flexibility index (Phi) is 3.91. The molecule has 0 unspecified atom stereocenters. The van der Waals surface area contributed by atoms with E-state index < -0.39 is 6.04 Å². The molecule has 1 N–H and O–H groups in total. The number of hydrogen-bond acceptors (Lipinski definition) is 5. The predicted molar refractivity (Wildman–Crippen MR) is 71.0 cm³/mol. The highest BCUT2D eigenvalue weighted by atomic mass is 16.2. The third kappa shape index (κ3) is 2.58. The molecule has 20 heavy (non-hydrogen) atoms. The number of amides is 2. The van der Waals surface area contributed by atoms with Crippen LogP contribution in [0.2, 0.25) is 0 Å². The summed E-state index contributed by atoms with van der Waals surface area (Å²) in [5.41, 5.74) is 0.957. The summed E-state index contributed by atoms with van der Waals surface area (Å²) in [5.74, 6) is -0.772. The molecule has 0 saturated carbocycles. The first-order valence-electron chi connectivity index (χ1n) is 6.12. The number of anilines is 1. The number of rotatable bonds is 4. The van der Waals surface area contributed by atoms with Gasteiger partial charge in [-0.15, -0.1) is 0 Å². The van der Waals surface area contributed by atoms with Gasteiger partial charge >= 0.3 is 0 Å². The average molecular weight is 271 g/mol. The van der Waals surface area contributed by atoms with Crippen molar-refractivity contribution in [2.45, 2.75) is 19.4 Å². The van der Waals surface area contributed by atoms with Crippen molar-refractivity contribution in [3.8, 4) is 6.07 Å². The Morgan fingerprint density at radius 3 is 2.60 bits per heavy atom. The van der Waals surface area contributed by atoms with Crippen LogP contribution in [0.5, 0.6) is 0 Å². The zero-order valence-electron chi connectivity index (χ0n) is 10.9. The second-order valence-corrected chi connectivity index (χ2v) is 4.47. The number of nitrogens with one attached hydrogen (secondary N) is 1. The van der Waals surface area contributed by atoms with Gasteiger partial charge in [0.05, 0.1) is 30.8 Å². The number of hydrogen-bond donors (Lipinski definition) is 1. The van der Waals surface area contributed by atoms with E-state index in [0.717, 1.165) is 4.90 Å². The van der Waals surface area contributed by atoms with Crippen LogP contribution in [0.1, 0.15) is 23.7 Å². The molecule has 0 radical (unpaired) electrons. The van der Waals surface area contributed by atoms with Crippen LogP contribution in [-0.2, 0) is 9.59 Å². The van der Waals surface area contributed by atoms with Crippen molar-refractivity contribution in [2.75, 3.05) is 11.4 Å². The molecule has 1 saturated heterocycles. The van der Waals surface area contributed by atoms with Crippen molar-refractivity contribution in [1.82, 2.24) is 5.32 Å². The van der Waals surface area contributed by atoms with Crippen LogP contribution in [-0.4, -0.2) is 30.2 Å². The number of imide groups is 1. The molecule has 1 atom stereocenters. The minimum Gasteiger partial charge on any atom is -0.295 e. The van der Waals surface area contributed by atoms with Crippen LogP contribution in [0.25, 0.3) is 0 Å². The Bertz CT molecular complexity index is 601. The minimum absolute atomic E-state index is 0.0147. The summed E-state index contributed by atoms with van der Waals surface area (Å²) in [6.07, 6.45) is 0.0367. The Balaban J connectivity index is 2.20. The van der Waals surface area contributed by atoms with Crippen LogP contribution >= 0.6 is 0 Å². The fourth-order valence-electron chi connectivity index (χ4n) is 2.08. The van der Waals surface area contributed by atoms with E-state index in [9.17, 15) is 14.4 Å².